The van der Waals surface area contributed by atoms with E-state index in [2.05, 4.69) is 4.98 Å². The third kappa shape index (κ3) is 2.27. The fourth-order valence-corrected chi connectivity index (χ4v) is 1.64. The summed E-state index contributed by atoms with van der Waals surface area (Å²) >= 11 is 0. The molecule has 2 nitrogen and oxygen atoms in total. The zero-order chi connectivity index (χ0) is 13.2. The molecule has 1 aromatic heterocycles. The van der Waals surface area contributed by atoms with Gasteiger partial charge in [0.2, 0.25) is 0 Å². The molecule has 0 fully saturated rings. The van der Waals surface area contributed by atoms with Gasteiger partial charge in [-0.1, -0.05) is 24.3 Å². The van der Waals surface area contributed by atoms with Gasteiger partial charge in [0.25, 0.3) is 5.92 Å². The van der Waals surface area contributed by atoms with Crippen LogP contribution in [-0.4, -0.2) is 10.8 Å². The van der Waals surface area contributed by atoms with E-state index in [1.165, 1.54) is 55.7 Å². The van der Waals surface area contributed by atoms with E-state index in [0.717, 1.165) is 0 Å². The Kier molecular flexibility index (Phi) is 3.19. The van der Waals surface area contributed by atoms with Crippen molar-refractivity contribution in [3.05, 3.63) is 65.5 Å². The summed E-state index contributed by atoms with van der Waals surface area (Å²) in [5.74, 6) is -3.23. The molecule has 0 aliphatic carbocycles. The van der Waals surface area contributed by atoms with E-state index in [4.69, 9.17) is 0 Å². The number of rotatable bonds is 3. The van der Waals surface area contributed by atoms with Crippen LogP contribution in [0.2, 0.25) is 0 Å². The van der Waals surface area contributed by atoms with Crippen molar-refractivity contribution in [1.82, 2.24) is 4.98 Å². The van der Waals surface area contributed by atoms with Crippen molar-refractivity contribution in [2.75, 3.05) is 0 Å². The third-order valence-electron chi connectivity index (χ3n) is 2.70. The molecule has 0 aliphatic rings. The lowest BCUT2D eigenvalue weighted by molar-refractivity contribution is 0.0427. The minimum Gasteiger partial charge on any atom is -0.295 e. The number of Topliss-reactive ketones (excluding diaryl/α,β-unsaturated/α-hetero) is 1. The maximum Gasteiger partial charge on any atom is 0.298 e. The molecule has 4 heteroatoms. The quantitative estimate of drug-likeness (QED) is 0.778. The lowest BCUT2D eigenvalue weighted by Crippen LogP contribution is -2.15. The number of pyridine rings is 1. The standard InChI is InChI=1S/C14H11F2NO/c1-10(18)11-2-4-12(5-3-11)14(15,16)13-6-8-17-9-7-13/h2-9H,1H3. The van der Waals surface area contributed by atoms with E-state index in [-0.39, 0.29) is 16.9 Å². The largest absolute Gasteiger partial charge is 0.298 e. The van der Waals surface area contributed by atoms with Gasteiger partial charge in [0.1, 0.15) is 0 Å². The van der Waals surface area contributed by atoms with Crippen LogP contribution < -0.4 is 0 Å². The van der Waals surface area contributed by atoms with Crippen molar-refractivity contribution in [2.24, 2.45) is 0 Å². The fourth-order valence-electron chi connectivity index (χ4n) is 1.64. The van der Waals surface area contributed by atoms with Gasteiger partial charge >= 0.3 is 0 Å². The highest BCUT2D eigenvalue weighted by Crippen LogP contribution is 2.35. The second kappa shape index (κ2) is 4.64. The number of hydrogen-bond acceptors (Lipinski definition) is 2. The van der Waals surface area contributed by atoms with Gasteiger partial charge in [0.15, 0.2) is 5.78 Å². The molecule has 92 valence electrons. The molecule has 0 aliphatic heterocycles. The number of carbonyl (C=O) groups is 1. The number of nitrogens with zero attached hydrogens (tertiary/aromatic N) is 1. The van der Waals surface area contributed by atoms with Crippen molar-refractivity contribution in [1.29, 1.82) is 0 Å². The summed E-state index contributed by atoms with van der Waals surface area (Å²) in [6.07, 6.45) is 2.65. The minimum absolute atomic E-state index is 0.118. The zero-order valence-corrected chi connectivity index (χ0v) is 9.73. The molecule has 0 unspecified atom stereocenters. The first-order chi connectivity index (χ1) is 8.51. The monoisotopic (exact) mass is 247 g/mol. The van der Waals surface area contributed by atoms with Crippen LogP contribution in [0.25, 0.3) is 0 Å². The molecule has 0 atom stereocenters. The topological polar surface area (TPSA) is 30.0 Å². The number of alkyl halides is 2. The number of carbonyl (C=O) groups excluding carboxylic acids is 1. The molecule has 1 heterocycles. The van der Waals surface area contributed by atoms with Gasteiger partial charge in [-0.25, -0.2) is 0 Å². The van der Waals surface area contributed by atoms with Crippen LogP contribution in [0.15, 0.2) is 48.8 Å². The summed E-state index contributed by atoms with van der Waals surface area (Å²) in [5.41, 5.74) is 0.163. The Hall–Kier alpha value is -2.10. The van der Waals surface area contributed by atoms with Crippen LogP contribution in [0.1, 0.15) is 28.4 Å². The number of benzene rings is 1. The van der Waals surface area contributed by atoms with Crippen LogP contribution in [0.3, 0.4) is 0 Å². The Labute approximate surface area is 103 Å². The number of ketones is 1. The lowest BCUT2D eigenvalue weighted by Gasteiger charge is -2.17. The Morgan fingerprint density at radius 1 is 1.00 bits per heavy atom. The van der Waals surface area contributed by atoms with Gasteiger partial charge in [-0.15, -0.1) is 0 Å². The van der Waals surface area contributed by atoms with E-state index in [9.17, 15) is 13.6 Å². The van der Waals surface area contributed by atoms with Crippen LogP contribution >= 0.6 is 0 Å². The first-order valence-corrected chi connectivity index (χ1v) is 5.41. The lowest BCUT2D eigenvalue weighted by atomic mass is 9.99. The number of hydrogen-bond donors (Lipinski definition) is 0. The van der Waals surface area contributed by atoms with Crippen LogP contribution in [0, 0.1) is 0 Å². The van der Waals surface area contributed by atoms with E-state index < -0.39 is 5.92 Å². The molecular weight excluding hydrogens is 236 g/mol. The zero-order valence-electron chi connectivity index (χ0n) is 9.73. The third-order valence-corrected chi connectivity index (χ3v) is 2.70. The molecule has 1 aromatic carbocycles. The fraction of sp³-hybridized carbons (Fsp3) is 0.143. The van der Waals surface area contributed by atoms with Gasteiger partial charge in [-0.2, -0.15) is 8.78 Å². The molecule has 2 rings (SSSR count). The molecular formula is C14H11F2NO. The first-order valence-electron chi connectivity index (χ1n) is 5.41. The maximum atomic E-state index is 14.1. The van der Waals surface area contributed by atoms with E-state index in [1.807, 2.05) is 0 Å². The van der Waals surface area contributed by atoms with E-state index in [0.29, 0.717) is 5.56 Å². The molecule has 0 N–H and O–H groups in total. The Bertz CT molecular complexity index is 550. The number of aromatic nitrogens is 1. The Morgan fingerprint density at radius 3 is 2.00 bits per heavy atom. The van der Waals surface area contributed by atoms with Gasteiger partial charge in [-0.3, -0.25) is 9.78 Å². The number of halogens is 2. The first kappa shape index (κ1) is 12.4. The predicted octanol–water partition coefficient (Wildman–Crippen LogP) is 3.42. The van der Waals surface area contributed by atoms with Crippen molar-refractivity contribution in [3.8, 4) is 0 Å². The highest BCUT2D eigenvalue weighted by Gasteiger charge is 2.33. The molecule has 0 radical (unpaired) electrons. The highest BCUT2D eigenvalue weighted by atomic mass is 19.3. The molecule has 0 amide bonds. The molecule has 18 heavy (non-hydrogen) atoms. The summed E-state index contributed by atoms with van der Waals surface area (Å²) in [4.78, 5) is 14.8. The summed E-state index contributed by atoms with van der Waals surface area (Å²) in [6.45, 7) is 1.40. The van der Waals surface area contributed by atoms with Crippen molar-refractivity contribution in [3.63, 3.8) is 0 Å². The molecule has 0 saturated carbocycles. The van der Waals surface area contributed by atoms with Gasteiger partial charge in [0, 0.05) is 29.1 Å². The Morgan fingerprint density at radius 2 is 1.50 bits per heavy atom. The smallest absolute Gasteiger partial charge is 0.295 e. The molecule has 0 bridgehead atoms. The van der Waals surface area contributed by atoms with E-state index in [1.54, 1.807) is 0 Å². The highest BCUT2D eigenvalue weighted by molar-refractivity contribution is 5.94. The molecule has 2 aromatic rings. The normalized spacial score (nSPS) is 11.3. The summed E-state index contributed by atoms with van der Waals surface area (Å²) in [5, 5.41) is 0. The Balaban J connectivity index is 2.39. The molecule has 0 spiro atoms. The summed E-state index contributed by atoms with van der Waals surface area (Å²) in [6, 6.07) is 7.92. The van der Waals surface area contributed by atoms with Crippen LogP contribution in [0.5, 0.6) is 0 Å². The predicted molar refractivity (Wildman–Crippen MR) is 63.7 cm³/mol. The van der Waals surface area contributed by atoms with Crippen molar-refractivity contribution < 1.29 is 13.6 Å². The minimum atomic E-state index is -3.09. The van der Waals surface area contributed by atoms with E-state index >= 15 is 0 Å². The van der Waals surface area contributed by atoms with Crippen LogP contribution in [-0.2, 0) is 5.92 Å². The van der Waals surface area contributed by atoms with Gasteiger partial charge in [-0.05, 0) is 19.1 Å². The second-order valence-corrected chi connectivity index (χ2v) is 3.94. The second-order valence-electron chi connectivity index (χ2n) is 3.94. The van der Waals surface area contributed by atoms with Crippen LogP contribution in [0.4, 0.5) is 8.78 Å². The average molecular weight is 247 g/mol. The van der Waals surface area contributed by atoms with Gasteiger partial charge in [0.05, 0.1) is 0 Å². The van der Waals surface area contributed by atoms with Gasteiger partial charge < -0.3 is 0 Å². The van der Waals surface area contributed by atoms with Crippen molar-refractivity contribution >= 4 is 5.78 Å². The maximum absolute atomic E-state index is 14.1. The summed E-state index contributed by atoms with van der Waals surface area (Å²) < 4.78 is 28.2. The van der Waals surface area contributed by atoms with Crippen molar-refractivity contribution in [2.45, 2.75) is 12.8 Å². The summed E-state index contributed by atoms with van der Waals surface area (Å²) in [7, 11) is 0. The molecule has 0 saturated heterocycles. The average Bonchev–Trinajstić information content (AvgIpc) is 2.40. The SMILES string of the molecule is CC(=O)c1ccc(C(F)(F)c2ccncc2)cc1.